The normalized spacial score (nSPS) is 20.0. The zero-order chi connectivity index (χ0) is 14.5. The van der Waals surface area contributed by atoms with Crippen molar-refractivity contribution in [3.8, 4) is 0 Å². The molecule has 0 saturated heterocycles. The Morgan fingerprint density at radius 2 is 1.85 bits per heavy atom. The number of benzene rings is 1. The number of nitrogens with one attached hydrogen (secondary N) is 1. The van der Waals surface area contributed by atoms with Crippen molar-refractivity contribution in [1.82, 2.24) is 9.97 Å². The van der Waals surface area contributed by atoms with E-state index in [1.54, 1.807) is 6.33 Å². The third-order valence-electron chi connectivity index (χ3n) is 5.45. The van der Waals surface area contributed by atoms with E-state index in [1.165, 1.54) is 0 Å². The average molecular weight is 270 g/mol. The quantitative estimate of drug-likeness (QED) is 0.840. The van der Waals surface area contributed by atoms with Gasteiger partial charge in [-0.3, -0.25) is 0 Å². The van der Waals surface area contributed by atoms with Gasteiger partial charge < -0.3 is 11.1 Å². The van der Waals surface area contributed by atoms with E-state index >= 15 is 0 Å². The minimum absolute atomic E-state index is 0.377. The fraction of sp³-hybridized carbons (Fsp3) is 0.500. The Hall–Kier alpha value is -1.84. The van der Waals surface area contributed by atoms with Crippen molar-refractivity contribution in [2.24, 2.45) is 16.7 Å². The van der Waals surface area contributed by atoms with E-state index in [0.29, 0.717) is 16.7 Å². The molecular weight excluding hydrogens is 248 g/mol. The number of hydrogen-bond donors (Lipinski definition) is 2. The molecule has 0 radical (unpaired) electrons. The maximum atomic E-state index is 5.86. The SMILES string of the molecule is CC1(C)C(CNc2ncnc3ccc(N)cc23)C1(C)C. The molecule has 0 bridgehead atoms. The maximum absolute atomic E-state index is 5.86. The Kier molecular flexibility index (Phi) is 2.68. The van der Waals surface area contributed by atoms with Gasteiger partial charge >= 0.3 is 0 Å². The average Bonchev–Trinajstić information content (AvgIpc) is 2.77. The predicted molar refractivity (Wildman–Crippen MR) is 83.5 cm³/mol. The van der Waals surface area contributed by atoms with E-state index in [0.717, 1.165) is 29.0 Å². The topological polar surface area (TPSA) is 63.8 Å². The summed E-state index contributed by atoms with van der Waals surface area (Å²) in [6, 6.07) is 5.73. The van der Waals surface area contributed by atoms with Crippen LogP contribution < -0.4 is 11.1 Å². The second-order valence-electron chi connectivity index (χ2n) is 6.88. The van der Waals surface area contributed by atoms with E-state index in [9.17, 15) is 0 Å². The van der Waals surface area contributed by atoms with Crippen LogP contribution >= 0.6 is 0 Å². The smallest absolute Gasteiger partial charge is 0.137 e. The maximum Gasteiger partial charge on any atom is 0.137 e. The summed E-state index contributed by atoms with van der Waals surface area (Å²) in [7, 11) is 0. The van der Waals surface area contributed by atoms with Crippen molar-refractivity contribution in [3.63, 3.8) is 0 Å². The van der Waals surface area contributed by atoms with Gasteiger partial charge in [0.05, 0.1) is 5.52 Å². The van der Waals surface area contributed by atoms with Gasteiger partial charge in [-0.1, -0.05) is 27.7 Å². The van der Waals surface area contributed by atoms with Crippen molar-refractivity contribution in [2.75, 3.05) is 17.6 Å². The molecule has 0 amide bonds. The molecule has 3 rings (SSSR count). The highest BCUT2D eigenvalue weighted by atomic mass is 15.0. The third-order valence-corrected chi connectivity index (χ3v) is 5.45. The lowest BCUT2D eigenvalue weighted by atomic mass is 10.0. The molecule has 3 N–H and O–H groups in total. The third kappa shape index (κ3) is 1.82. The van der Waals surface area contributed by atoms with Crippen molar-refractivity contribution in [1.29, 1.82) is 0 Å². The van der Waals surface area contributed by atoms with Gasteiger partial charge in [-0.25, -0.2) is 9.97 Å². The molecular formula is C16H22N4. The van der Waals surface area contributed by atoms with Gasteiger partial charge in [-0.15, -0.1) is 0 Å². The Morgan fingerprint density at radius 1 is 1.15 bits per heavy atom. The summed E-state index contributed by atoms with van der Waals surface area (Å²) >= 11 is 0. The van der Waals surface area contributed by atoms with E-state index in [4.69, 9.17) is 5.73 Å². The number of rotatable bonds is 3. The standard InChI is InChI=1S/C16H22N4/c1-15(2)13(16(15,3)4)8-18-14-11-7-10(17)5-6-12(11)19-9-20-14/h5-7,9,13H,8,17H2,1-4H3,(H,18,19,20). The zero-order valence-electron chi connectivity index (χ0n) is 12.6. The first-order valence-corrected chi connectivity index (χ1v) is 7.08. The lowest BCUT2D eigenvalue weighted by Crippen LogP contribution is -2.10. The fourth-order valence-corrected chi connectivity index (χ4v) is 3.26. The van der Waals surface area contributed by atoms with Crippen LogP contribution in [0.15, 0.2) is 24.5 Å². The van der Waals surface area contributed by atoms with Crippen LogP contribution in [-0.4, -0.2) is 16.5 Å². The number of nitrogen functional groups attached to an aromatic ring is 1. The number of anilines is 2. The Labute approximate surface area is 119 Å². The zero-order valence-corrected chi connectivity index (χ0v) is 12.6. The van der Waals surface area contributed by atoms with Gasteiger partial charge in [-0.05, 0) is 34.9 Å². The summed E-state index contributed by atoms with van der Waals surface area (Å²) < 4.78 is 0. The van der Waals surface area contributed by atoms with Crippen molar-refractivity contribution in [3.05, 3.63) is 24.5 Å². The van der Waals surface area contributed by atoms with Crippen LogP contribution in [0.2, 0.25) is 0 Å². The highest BCUT2D eigenvalue weighted by Gasteiger charge is 2.64. The first-order valence-electron chi connectivity index (χ1n) is 7.08. The summed E-state index contributed by atoms with van der Waals surface area (Å²) in [4.78, 5) is 8.64. The number of hydrogen-bond acceptors (Lipinski definition) is 4. The second-order valence-corrected chi connectivity index (χ2v) is 6.88. The summed E-state index contributed by atoms with van der Waals surface area (Å²) in [5.74, 6) is 1.53. The van der Waals surface area contributed by atoms with E-state index < -0.39 is 0 Å². The number of nitrogens with two attached hydrogens (primary N) is 1. The number of nitrogens with zero attached hydrogens (tertiary/aromatic N) is 2. The Balaban J connectivity index is 1.84. The molecule has 1 saturated carbocycles. The van der Waals surface area contributed by atoms with Crippen LogP contribution in [0.1, 0.15) is 27.7 Å². The van der Waals surface area contributed by atoms with Gasteiger partial charge in [-0.2, -0.15) is 0 Å². The van der Waals surface area contributed by atoms with Crippen LogP contribution in [-0.2, 0) is 0 Å². The summed E-state index contributed by atoms with van der Waals surface area (Å²) in [5, 5.41) is 4.47. The first kappa shape index (κ1) is 13.2. The van der Waals surface area contributed by atoms with E-state index in [1.807, 2.05) is 18.2 Å². The largest absolute Gasteiger partial charge is 0.399 e. The van der Waals surface area contributed by atoms with Crippen molar-refractivity contribution < 1.29 is 0 Å². The molecule has 1 aliphatic rings. The second kappa shape index (κ2) is 4.08. The summed E-state index contributed by atoms with van der Waals surface area (Å²) in [5.41, 5.74) is 8.28. The van der Waals surface area contributed by atoms with Gasteiger partial charge in [0.25, 0.3) is 0 Å². The summed E-state index contributed by atoms with van der Waals surface area (Å²) in [6.45, 7) is 10.2. The molecule has 0 atom stereocenters. The van der Waals surface area contributed by atoms with Crippen molar-refractivity contribution >= 4 is 22.4 Å². The monoisotopic (exact) mass is 270 g/mol. The lowest BCUT2D eigenvalue weighted by Gasteiger charge is -2.09. The van der Waals surface area contributed by atoms with Crippen LogP contribution in [0.25, 0.3) is 10.9 Å². The van der Waals surface area contributed by atoms with Gasteiger partial charge in [0, 0.05) is 17.6 Å². The molecule has 4 heteroatoms. The molecule has 1 aliphatic carbocycles. The molecule has 1 aromatic carbocycles. The van der Waals surface area contributed by atoms with Crippen molar-refractivity contribution in [2.45, 2.75) is 27.7 Å². The van der Waals surface area contributed by atoms with E-state index in [-0.39, 0.29) is 0 Å². The highest BCUT2D eigenvalue weighted by molar-refractivity contribution is 5.91. The lowest BCUT2D eigenvalue weighted by molar-refractivity contribution is 0.457. The minimum atomic E-state index is 0.377. The summed E-state index contributed by atoms with van der Waals surface area (Å²) in [6.07, 6.45) is 1.60. The molecule has 1 aromatic heterocycles. The Bertz CT molecular complexity index is 647. The Morgan fingerprint density at radius 3 is 2.50 bits per heavy atom. The van der Waals surface area contributed by atoms with Gasteiger partial charge in [0.15, 0.2) is 0 Å². The molecule has 0 unspecified atom stereocenters. The highest BCUT2D eigenvalue weighted by Crippen LogP contribution is 2.68. The molecule has 2 aromatic rings. The van der Waals surface area contributed by atoms with Crippen LogP contribution in [0.5, 0.6) is 0 Å². The van der Waals surface area contributed by atoms with Crippen LogP contribution in [0.3, 0.4) is 0 Å². The molecule has 0 spiro atoms. The predicted octanol–water partition coefficient (Wildman–Crippen LogP) is 3.31. The molecule has 20 heavy (non-hydrogen) atoms. The van der Waals surface area contributed by atoms with Gasteiger partial charge in [0.1, 0.15) is 12.1 Å². The van der Waals surface area contributed by atoms with Crippen LogP contribution in [0.4, 0.5) is 11.5 Å². The minimum Gasteiger partial charge on any atom is -0.399 e. The molecule has 1 heterocycles. The number of aromatic nitrogens is 2. The van der Waals surface area contributed by atoms with Gasteiger partial charge in [0.2, 0.25) is 0 Å². The molecule has 4 nitrogen and oxygen atoms in total. The molecule has 106 valence electrons. The fourth-order valence-electron chi connectivity index (χ4n) is 3.26. The van der Waals surface area contributed by atoms with Crippen LogP contribution in [0, 0.1) is 16.7 Å². The molecule has 1 fully saturated rings. The molecule has 0 aliphatic heterocycles. The first-order chi connectivity index (χ1) is 9.34. The van der Waals surface area contributed by atoms with E-state index in [2.05, 4.69) is 43.0 Å². The number of fused-ring (bicyclic) bond motifs is 1.